The predicted molar refractivity (Wildman–Crippen MR) is 153 cm³/mol. The number of benzene rings is 4. The van der Waals surface area contributed by atoms with Crippen LogP contribution in [-0.4, -0.2) is 17.8 Å². The minimum atomic E-state index is -0.386. The van der Waals surface area contributed by atoms with Crippen LogP contribution >= 0.6 is 39.3 Å². The van der Waals surface area contributed by atoms with Crippen LogP contribution in [0.4, 0.5) is 10.5 Å². The van der Waals surface area contributed by atoms with Crippen molar-refractivity contribution in [1.82, 2.24) is 0 Å². The molecule has 8 heteroatoms. The molecule has 0 aromatic heterocycles. The molecule has 1 saturated heterocycles. The van der Waals surface area contributed by atoms with Gasteiger partial charge in [-0.25, -0.2) is 4.90 Å². The van der Waals surface area contributed by atoms with Gasteiger partial charge in [-0.15, -0.1) is 0 Å². The second-order valence-corrected chi connectivity index (χ2v) is 10.5. The lowest BCUT2D eigenvalue weighted by Gasteiger charge is -2.15. The molecule has 2 amide bonds. The third-order valence-electron chi connectivity index (χ3n) is 5.71. The minimum Gasteiger partial charge on any atom is -0.490 e. The van der Waals surface area contributed by atoms with E-state index in [9.17, 15) is 9.59 Å². The Morgan fingerprint density at radius 3 is 2.46 bits per heavy atom. The molecular formula is C29H21BrClNO4S. The average Bonchev–Trinajstić information content (AvgIpc) is 3.16. The molecule has 37 heavy (non-hydrogen) atoms. The number of carbonyl (C=O) groups is 2. The molecule has 1 fully saturated rings. The van der Waals surface area contributed by atoms with E-state index in [2.05, 4.69) is 40.2 Å². The van der Waals surface area contributed by atoms with Crippen LogP contribution in [0.5, 0.6) is 11.5 Å². The quantitative estimate of drug-likeness (QED) is 0.201. The number of amides is 2. The molecule has 4 aromatic rings. The lowest BCUT2D eigenvalue weighted by molar-refractivity contribution is -0.113. The van der Waals surface area contributed by atoms with Crippen molar-refractivity contribution in [1.29, 1.82) is 0 Å². The van der Waals surface area contributed by atoms with Gasteiger partial charge in [-0.3, -0.25) is 9.59 Å². The minimum absolute atomic E-state index is 0.319. The van der Waals surface area contributed by atoms with Crippen LogP contribution in [0.1, 0.15) is 18.1 Å². The van der Waals surface area contributed by atoms with E-state index < -0.39 is 0 Å². The van der Waals surface area contributed by atoms with E-state index in [0.717, 1.165) is 27.6 Å². The summed E-state index contributed by atoms with van der Waals surface area (Å²) >= 11 is 10.4. The Bertz CT molecular complexity index is 1540. The number of anilines is 1. The Morgan fingerprint density at radius 1 is 0.946 bits per heavy atom. The molecule has 0 unspecified atom stereocenters. The Morgan fingerprint density at radius 2 is 1.70 bits per heavy atom. The monoisotopic (exact) mass is 593 g/mol. The fraction of sp³-hybridized carbons (Fsp3) is 0.103. The maximum absolute atomic E-state index is 13.0. The summed E-state index contributed by atoms with van der Waals surface area (Å²) in [7, 11) is 0. The molecule has 5 nitrogen and oxygen atoms in total. The number of hydrogen-bond acceptors (Lipinski definition) is 5. The zero-order chi connectivity index (χ0) is 25.9. The van der Waals surface area contributed by atoms with E-state index in [1.54, 1.807) is 36.4 Å². The normalized spacial score (nSPS) is 14.6. The first-order valence-electron chi connectivity index (χ1n) is 11.5. The third-order valence-corrected chi connectivity index (χ3v) is 7.42. The fourth-order valence-corrected chi connectivity index (χ4v) is 5.53. The van der Waals surface area contributed by atoms with Crippen molar-refractivity contribution in [3.8, 4) is 11.5 Å². The van der Waals surface area contributed by atoms with Gasteiger partial charge < -0.3 is 9.47 Å². The van der Waals surface area contributed by atoms with Gasteiger partial charge in [-0.1, -0.05) is 48.0 Å². The summed E-state index contributed by atoms with van der Waals surface area (Å²) in [6.45, 7) is 2.70. The lowest BCUT2D eigenvalue weighted by atomic mass is 10.1. The fourth-order valence-electron chi connectivity index (χ4n) is 3.99. The number of hydrogen-bond donors (Lipinski definition) is 0. The summed E-state index contributed by atoms with van der Waals surface area (Å²) in [6.07, 6.45) is 1.68. The van der Waals surface area contributed by atoms with Crippen molar-refractivity contribution < 1.29 is 19.1 Å². The van der Waals surface area contributed by atoms with E-state index in [-0.39, 0.29) is 11.1 Å². The van der Waals surface area contributed by atoms with E-state index in [1.165, 1.54) is 5.39 Å². The number of ether oxygens (including phenoxy) is 2. The van der Waals surface area contributed by atoms with Gasteiger partial charge in [0.25, 0.3) is 11.1 Å². The second kappa shape index (κ2) is 11.0. The number of imide groups is 1. The molecule has 1 aliphatic heterocycles. The molecule has 0 radical (unpaired) electrons. The molecule has 0 N–H and O–H groups in total. The Balaban J connectivity index is 1.39. The molecule has 186 valence electrons. The number of rotatable bonds is 7. The van der Waals surface area contributed by atoms with Crippen LogP contribution in [0.25, 0.3) is 16.8 Å². The van der Waals surface area contributed by atoms with Gasteiger partial charge in [0.15, 0.2) is 11.5 Å². The SMILES string of the molecule is CCOc1cc(/C=C2/SC(=O)N(c3ccc(Cl)cc3)C2=O)cc(Br)c1OCc1ccc2ccccc2c1. The summed E-state index contributed by atoms with van der Waals surface area (Å²) in [5, 5.41) is 2.49. The summed E-state index contributed by atoms with van der Waals surface area (Å²) in [5.74, 6) is 0.727. The average molecular weight is 595 g/mol. The third kappa shape index (κ3) is 5.54. The van der Waals surface area contributed by atoms with Gasteiger partial charge in [0.2, 0.25) is 0 Å². The zero-order valence-corrected chi connectivity index (χ0v) is 22.9. The highest BCUT2D eigenvalue weighted by Crippen LogP contribution is 2.40. The van der Waals surface area contributed by atoms with Crippen molar-refractivity contribution in [2.45, 2.75) is 13.5 Å². The molecule has 0 spiro atoms. The van der Waals surface area contributed by atoms with E-state index in [4.69, 9.17) is 21.1 Å². The van der Waals surface area contributed by atoms with Crippen LogP contribution in [-0.2, 0) is 11.4 Å². The molecule has 1 heterocycles. The molecule has 0 saturated carbocycles. The Kier molecular flexibility index (Phi) is 7.55. The summed E-state index contributed by atoms with van der Waals surface area (Å²) < 4.78 is 12.7. The van der Waals surface area contributed by atoms with E-state index in [1.807, 2.05) is 31.2 Å². The molecule has 0 atom stereocenters. The van der Waals surface area contributed by atoms with Gasteiger partial charge >= 0.3 is 0 Å². The predicted octanol–water partition coefficient (Wildman–Crippen LogP) is 8.47. The van der Waals surface area contributed by atoms with E-state index in [0.29, 0.717) is 50.4 Å². The molecule has 0 aliphatic carbocycles. The maximum atomic E-state index is 13.0. The van der Waals surface area contributed by atoms with Crippen molar-refractivity contribution in [3.05, 3.63) is 104 Å². The number of carbonyl (C=O) groups excluding carboxylic acids is 2. The summed E-state index contributed by atoms with van der Waals surface area (Å²) in [5.41, 5.74) is 2.21. The van der Waals surface area contributed by atoms with Crippen molar-refractivity contribution >= 4 is 73.0 Å². The van der Waals surface area contributed by atoms with Crippen LogP contribution < -0.4 is 14.4 Å². The van der Waals surface area contributed by atoms with Crippen molar-refractivity contribution in [3.63, 3.8) is 0 Å². The van der Waals surface area contributed by atoms with Gasteiger partial charge in [-0.2, -0.15) is 0 Å². The molecule has 4 aromatic carbocycles. The van der Waals surface area contributed by atoms with Crippen molar-refractivity contribution in [2.75, 3.05) is 11.5 Å². The maximum Gasteiger partial charge on any atom is 0.298 e. The first-order chi connectivity index (χ1) is 17.9. The standard InChI is InChI=1S/C29H21BrClNO4S/c1-2-35-25-15-19(16-26-28(33)32(29(34)37-26)23-11-9-22(31)10-12-23)14-24(30)27(25)36-17-18-7-8-20-5-3-4-6-21(20)13-18/h3-16H,2,17H2,1H3/b26-16+. The number of halogens is 2. The molecule has 5 rings (SSSR count). The Labute approximate surface area is 232 Å². The highest BCUT2D eigenvalue weighted by Gasteiger charge is 2.36. The Hall–Kier alpha value is -3.26. The first kappa shape index (κ1) is 25.4. The van der Waals surface area contributed by atoms with Crippen LogP contribution in [0.2, 0.25) is 5.02 Å². The van der Waals surface area contributed by atoms with Crippen molar-refractivity contribution in [2.24, 2.45) is 0 Å². The zero-order valence-electron chi connectivity index (χ0n) is 19.7. The number of thioether (sulfide) groups is 1. The molecule has 1 aliphatic rings. The largest absolute Gasteiger partial charge is 0.490 e. The molecule has 0 bridgehead atoms. The van der Waals surface area contributed by atoms with Crippen LogP contribution in [0, 0.1) is 0 Å². The van der Waals surface area contributed by atoms with Gasteiger partial charge in [0.05, 0.1) is 21.7 Å². The first-order valence-corrected chi connectivity index (χ1v) is 13.5. The highest BCUT2D eigenvalue weighted by atomic mass is 79.9. The van der Waals surface area contributed by atoms with Crippen LogP contribution in [0.3, 0.4) is 0 Å². The van der Waals surface area contributed by atoms with Gasteiger partial charge in [0, 0.05) is 5.02 Å². The number of nitrogens with zero attached hydrogens (tertiary/aromatic N) is 1. The lowest BCUT2D eigenvalue weighted by Crippen LogP contribution is -2.27. The number of fused-ring (bicyclic) bond motifs is 1. The summed E-state index contributed by atoms with van der Waals surface area (Å²) in [4.78, 5) is 27.1. The summed E-state index contributed by atoms with van der Waals surface area (Å²) in [6, 6.07) is 24.6. The van der Waals surface area contributed by atoms with E-state index >= 15 is 0 Å². The highest BCUT2D eigenvalue weighted by molar-refractivity contribution is 9.10. The van der Waals surface area contributed by atoms with Gasteiger partial charge in [0.1, 0.15) is 6.61 Å². The van der Waals surface area contributed by atoms with Crippen LogP contribution in [0.15, 0.2) is 88.2 Å². The topological polar surface area (TPSA) is 55.8 Å². The molecular weight excluding hydrogens is 574 g/mol. The smallest absolute Gasteiger partial charge is 0.298 e. The second-order valence-electron chi connectivity index (χ2n) is 8.23. The van der Waals surface area contributed by atoms with Gasteiger partial charge in [-0.05, 0) is 105 Å².